The van der Waals surface area contributed by atoms with Gasteiger partial charge in [0.1, 0.15) is 5.75 Å². The van der Waals surface area contributed by atoms with E-state index in [0.717, 1.165) is 18.8 Å². The predicted octanol–water partition coefficient (Wildman–Crippen LogP) is 2.77. The summed E-state index contributed by atoms with van der Waals surface area (Å²) in [5.41, 5.74) is 1.42. The van der Waals surface area contributed by atoms with Crippen molar-refractivity contribution in [2.24, 2.45) is 0 Å². The summed E-state index contributed by atoms with van der Waals surface area (Å²) in [4.78, 5) is 6.64. The number of aromatic nitrogens is 2. The molecule has 3 rings (SSSR count). The minimum atomic E-state index is 0.671. The largest absolute Gasteiger partial charge is 0.497 e. The summed E-state index contributed by atoms with van der Waals surface area (Å²) < 4.78 is 7.47. The lowest BCUT2D eigenvalue weighted by Gasteiger charge is -2.32. The molecule has 0 atom stereocenters. The van der Waals surface area contributed by atoms with Crippen LogP contribution in [0.15, 0.2) is 43.0 Å². The first-order valence-electron chi connectivity index (χ1n) is 7.67. The zero-order valence-corrected chi connectivity index (χ0v) is 12.6. The van der Waals surface area contributed by atoms with Crippen molar-refractivity contribution in [3.05, 3.63) is 48.5 Å². The molecular formula is C17H23N3O. The summed E-state index contributed by atoms with van der Waals surface area (Å²) in [6.07, 6.45) is 8.23. The average Bonchev–Trinajstić information content (AvgIpc) is 3.07. The highest BCUT2D eigenvalue weighted by Gasteiger charge is 2.20. The van der Waals surface area contributed by atoms with E-state index in [9.17, 15) is 0 Å². The van der Waals surface area contributed by atoms with Crippen molar-refractivity contribution < 1.29 is 4.74 Å². The molecule has 4 heteroatoms. The molecule has 0 unspecified atom stereocenters. The molecule has 1 aliphatic rings. The van der Waals surface area contributed by atoms with Gasteiger partial charge in [-0.25, -0.2) is 4.98 Å². The van der Waals surface area contributed by atoms with E-state index in [1.54, 1.807) is 7.11 Å². The molecule has 2 heterocycles. The highest BCUT2D eigenvalue weighted by atomic mass is 16.5. The Morgan fingerprint density at radius 3 is 2.81 bits per heavy atom. The number of hydrogen-bond donors (Lipinski definition) is 0. The Kier molecular flexibility index (Phi) is 4.55. The Balaban J connectivity index is 1.50. The first kappa shape index (κ1) is 14.1. The van der Waals surface area contributed by atoms with E-state index >= 15 is 0 Å². The number of rotatable bonds is 5. The second-order valence-corrected chi connectivity index (χ2v) is 5.69. The lowest BCUT2D eigenvalue weighted by molar-refractivity contribution is 0.205. The Hall–Kier alpha value is -1.81. The fourth-order valence-electron chi connectivity index (χ4n) is 3.06. The Morgan fingerprint density at radius 1 is 1.24 bits per heavy atom. The molecule has 1 aromatic heterocycles. The molecule has 2 aromatic rings. The summed E-state index contributed by atoms with van der Waals surface area (Å²) in [5, 5.41) is 0. The minimum absolute atomic E-state index is 0.671. The van der Waals surface area contributed by atoms with Crippen LogP contribution in [-0.2, 0) is 6.54 Å². The number of likely N-dealkylation sites (tertiary alicyclic amines) is 1. The minimum Gasteiger partial charge on any atom is -0.497 e. The van der Waals surface area contributed by atoms with Crippen molar-refractivity contribution in [3.63, 3.8) is 0 Å². The summed E-state index contributed by atoms with van der Waals surface area (Å²) >= 11 is 0. The molecule has 0 aliphatic carbocycles. The van der Waals surface area contributed by atoms with Gasteiger partial charge in [-0.2, -0.15) is 0 Å². The lowest BCUT2D eigenvalue weighted by Crippen LogP contribution is -2.35. The molecular weight excluding hydrogens is 262 g/mol. The normalized spacial score (nSPS) is 17.0. The summed E-state index contributed by atoms with van der Waals surface area (Å²) in [7, 11) is 1.73. The summed E-state index contributed by atoms with van der Waals surface area (Å²) in [6, 6.07) is 8.53. The van der Waals surface area contributed by atoms with Gasteiger partial charge < -0.3 is 14.2 Å². The van der Waals surface area contributed by atoms with Gasteiger partial charge in [0.2, 0.25) is 0 Å². The molecule has 1 aliphatic heterocycles. The average molecular weight is 285 g/mol. The molecule has 21 heavy (non-hydrogen) atoms. The molecule has 1 saturated heterocycles. The van der Waals surface area contributed by atoms with E-state index in [-0.39, 0.29) is 0 Å². The van der Waals surface area contributed by atoms with Crippen molar-refractivity contribution in [3.8, 4) is 5.75 Å². The number of ether oxygens (including phenoxy) is 1. The Morgan fingerprint density at radius 2 is 2.10 bits per heavy atom. The Bertz CT molecular complexity index is 545. The molecule has 0 amide bonds. The van der Waals surface area contributed by atoms with Crippen LogP contribution in [0.4, 0.5) is 0 Å². The predicted molar refractivity (Wildman–Crippen MR) is 83.6 cm³/mol. The van der Waals surface area contributed by atoms with Crippen LogP contribution in [0.2, 0.25) is 0 Å². The van der Waals surface area contributed by atoms with E-state index in [2.05, 4.69) is 32.7 Å². The molecule has 0 N–H and O–H groups in total. The maximum Gasteiger partial charge on any atom is 0.119 e. The van der Waals surface area contributed by atoms with E-state index < -0.39 is 0 Å². The number of methoxy groups -OCH3 is 1. The summed E-state index contributed by atoms with van der Waals surface area (Å²) in [5.74, 6) is 1.64. The lowest BCUT2D eigenvalue weighted by atomic mass is 9.89. The number of imidazole rings is 1. The van der Waals surface area contributed by atoms with Crippen LogP contribution in [0.25, 0.3) is 0 Å². The maximum absolute atomic E-state index is 5.33. The molecule has 0 saturated carbocycles. The van der Waals surface area contributed by atoms with Crippen LogP contribution in [-0.4, -0.2) is 41.2 Å². The van der Waals surface area contributed by atoms with Gasteiger partial charge in [-0.15, -0.1) is 0 Å². The topological polar surface area (TPSA) is 30.3 Å². The van der Waals surface area contributed by atoms with E-state index in [4.69, 9.17) is 4.74 Å². The van der Waals surface area contributed by atoms with Gasteiger partial charge in [0, 0.05) is 25.5 Å². The maximum atomic E-state index is 5.33. The quantitative estimate of drug-likeness (QED) is 0.846. The van der Waals surface area contributed by atoms with Crippen molar-refractivity contribution in [2.45, 2.75) is 25.3 Å². The number of piperidine rings is 1. The molecule has 1 aromatic carbocycles. The van der Waals surface area contributed by atoms with E-state index in [1.807, 2.05) is 24.8 Å². The fourth-order valence-corrected chi connectivity index (χ4v) is 3.06. The fraction of sp³-hybridized carbons (Fsp3) is 0.471. The van der Waals surface area contributed by atoms with Crippen LogP contribution >= 0.6 is 0 Å². The van der Waals surface area contributed by atoms with Crippen molar-refractivity contribution in [2.75, 3.05) is 26.7 Å². The first-order valence-corrected chi connectivity index (χ1v) is 7.67. The zero-order valence-electron chi connectivity index (χ0n) is 12.6. The van der Waals surface area contributed by atoms with Crippen molar-refractivity contribution in [1.82, 2.24) is 14.5 Å². The van der Waals surface area contributed by atoms with Gasteiger partial charge in [-0.05, 0) is 49.5 Å². The van der Waals surface area contributed by atoms with Gasteiger partial charge >= 0.3 is 0 Å². The van der Waals surface area contributed by atoms with Gasteiger partial charge in [0.15, 0.2) is 0 Å². The van der Waals surface area contributed by atoms with Gasteiger partial charge in [0.05, 0.1) is 13.4 Å². The van der Waals surface area contributed by atoms with Crippen molar-refractivity contribution in [1.29, 1.82) is 0 Å². The molecule has 1 fully saturated rings. The van der Waals surface area contributed by atoms with Crippen LogP contribution in [0.3, 0.4) is 0 Å². The number of hydrogen-bond acceptors (Lipinski definition) is 3. The highest BCUT2D eigenvalue weighted by molar-refractivity contribution is 5.31. The zero-order chi connectivity index (χ0) is 14.5. The van der Waals surface area contributed by atoms with Gasteiger partial charge in [-0.3, -0.25) is 0 Å². The van der Waals surface area contributed by atoms with Crippen LogP contribution in [0, 0.1) is 0 Å². The van der Waals surface area contributed by atoms with E-state index in [1.165, 1.54) is 31.5 Å². The van der Waals surface area contributed by atoms with Crippen LogP contribution < -0.4 is 4.74 Å². The molecule has 4 nitrogen and oxygen atoms in total. The second-order valence-electron chi connectivity index (χ2n) is 5.69. The molecule has 112 valence electrons. The molecule has 0 spiro atoms. The van der Waals surface area contributed by atoms with Gasteiger partial charge in [-0.1, -0.05) is 12.1 Å². The SMILES string of the molecule is COc1cccc(C2CCN(CCn3ccnc3)CC2)c1. The summed E-state index contributed by atoms with van der Waals surface area (Å²) in [6.45, 7) is 4.50. The van der Waals surface area contributed by atoms with Crippen LogP contribution in [0.5, 0.6) is 5.75 Å². The number of nitrogens with zero attached hydrogens (tertiary/aromatic N) is 3. The Labute approximate surface area is 126 Å². The van der Waals surface area contributed by atoms with E-state index in [0.29, 0.717) is 5.92 Å². The third-order valence-electron chi connectivity index (χ3n) is 4.39. The third-order valence-corrected chi connectivity index (χ3v) is 4.39. The first-order chi connectivity index (χ1) is 10.3. The second kappa shape index (κ2) is 6.76. The third kappa shape index (κ3) is 3.64. The number of benzene rings is 1. The van der Waals surface area contributed by atoms with Gasteiger partial charge in [0.25, 0.3) is 0 Å². The standard InChI is InChI=1S/C17H23N3O/c1-21-17-4-2-3-16(13-17)15-5-8-19(9-6-15)11-12-20-10-7-18-14-20/h2-4,7,10,13-15H,5-6,8-9,11-12H2,1H3. The van der Waals surface area contributed by atoms with Crippen molar-refractivity contribution >= 4 is 0 Å². The molecule has 0 radical (unpaired) electrons. The molecule has 0 bridgehead atoms. The smallest absolute Gasteiger partial charge is 0.119 e. The monoisotopic (exact) mass is 285 g/mol. The van der Waals surface area contributed by atoms with Crippen LogP contribution in [0.1, 0.15) is 24.3 Å². The highest BCUT2D eigenvalue weighted by Crippen LogP contribution is 2.29.